The minimum absolute atomic E-state index is 0.0746. The summed E-state index contributed by atoms with van der Waals surface area (Å²) in [6.07, 6.45) is -1.86. The first-order valence-electron chi connectivity index (χ1n) is 10.0. The van der Waals surface area contributed by atoms with E-state index in [1.54, 1.807) is 36.5 Å². The average molecular weight is 470 g/mol. The van der Waals surface area contributed by atoms with Crippen molar-refractivity contribution in [3.8, 4) is 5.75 Å². The summed E-state index contributed by atoms with van der Waals surface area (Å²) in [5, 5.41) is 13.8. The Morgan fingerprint density at radius 2 is 1.91 bits per heavy atom. The van der Waals surface area contributed by atoms with Crippen molar-refractivity contribution < 1.29 is 32.6 Å². The number of aliphatic carboxylic acids is 1. The van der Waals surface area contributed by atoms with Crippen molar-refractivity contribution in [1.29, 1.82) is 0 Å². The molecule has 0 bridgehead atoms. The van der Waals surface area contributed by atoms with Crippen LogP contribution in [0.25, 0.3) is 10.9 Å². The number of nitrogens with zero attached hydrogens (tertiary/aromatic N) is 4. The molecule has 1 N–H and O–H groups in total. The number of pyridine rings is 2. The van der Waals surface area contributed by atoms with Gasteiger partial charge in [-0.15, -0.1) is 0 Å². The van der Waals surface area contributed by atoms with Crippen LogP contribution in [0.4, 0.5) is 13.2 Å². The molecule has 8 nitrogen and oxygen atoms in total. The molecule has 0 atom stereocenters. The number of carbonyl (C=O) groups is 2. The standard InChI is InChI=1S/C23H17F3N4O4/c24-23(25,26)21-6-3-5-17(28-21)19(31)9-14-8-15-11-30(12-22(32)33)29-18(15)10-20(14)34-13-16-4-1-2-7-27-16/h1-8,10-11H,9,12-13H2,(H,32,33). The van der Waals surface area contributed by atoms with Crippen molar-refractivity contribution in [2.75, 3.05) is 0 Å². The van der Waals surface area contributed by atoms with E-state index >= 15 is 0 Å². The van der Waals surface area contributed by atoms with Crippen LogP contribution in [0.1, 0.15) is 27.4 Å². The van der Waals surface area contributed by atoms with E-state index in [0.717, 1.165) is 12.1 Å². The van der Waals surface area contributed by atoms with Crippen molar-refractivity contribution in [3.05, 3.63) is 83.6 Å². The fraction of sp³-hybridized carbons (Fsp3) is 0.174. The van der Waals surface area contributed by atoms with Crippen LogP contribution in [-0.2, 0) is 30.5 Å². The van der Waals surface area contributed by atoms with Gasteiger partial charge in [0.2, 0.25) is 0 Å². The fourth-order valence-corrected chi connectivity index (χ4v) is 3.29. The molecule has 1 aromatic carbocycles. The number of carboxylic acids is 1. The van der Waals surface area contributed by atoms with Crippen LogP contribution in [-0.4, -0.2) is 36.6 Å². The number of fused-ring (bicyclic) bond motifs is 1. The molecule has 11 heteroatoms. The van der Waals surface area contributed by atoms with Crippen LogP contribution < -0.4 is 4.74 Å². The number of hydrogen-bond acceptors (Lipinski definition) is 6. The molecule has 0 aliphatic heterocycles. The van der Waals surface area contributed by atoms with Crippen molar-refractivity contribution >= 4 is 22.7 Å². The average Bonchev–Trinajstić information content (AvgIpc) is 3.18. The number of halogens is 3. The molecule has 0 fully saturated rings. The maximum absolute atomic E-state index is 13.0. The molecule has 0 radical (unpaired) electrons. The third-order valence-corrected chi connectivity index (χ3v) is 4.81. The van der Waals surface area contributed by atoms with Gasteiger partial charge in [-0.2, -0.15) is 18.3 Å². The number of benzene rings is 1. The van der Waals surface area contributed by atoms with E-state index in [2.05, 4.69) is 15.1 Å². The Bertz CT molecular complexity index is 1350. The molecule has 3 heterocycles. The van der Waals surface area contributed by atoms with Crippen molar-refractivity contribution in [1.82, 2.24) is 19.7 Å². The van der Waals surface area contributed by atoms with Gasteiger partial charge in [0, 0.05) is 35.8 Å². The minimum atomic E-state index is -4.68. The van der Waals surface area contributed by atoms with Crippen molar-refractivity contribution in [3.63, 3.8) is 0 Å². The predicted octanol–water partition coefficient (Wildman–Crippen LogP) is 3.93. The van der Waals surface area contributed by atoms with Gasteiger partial charge in [-0.3, -0.25) is 19.3 Å². The second kappa shape index (κ2) is 9.30. The van der Waals surface area contributed by atoms with E-state index in [1.807, 2.05) is 0 Å². The summed E-state index contributed by atoms with van der Waals surface area (Å²) in [6, 6.07) is 11.6. The number of carbonyl (C=O) groups excluding carboxylic acids is 1. The topological polar surface area (TPSA) is 107 Å². The molecule has 4 rings (SSSR count). The number of hydrogen-bond donors (Lipinski definition) is 1. The number of rotatable bonds is 8. The molecular formula is C23H17F3N4O4. The number of ketones is 1. The first-order valence-corrected chi connectivity index (χ1v) is 10.0. The van der Waals surface area contributed by atoms with E-state index in [1.165, 1.54) is 16.9 Å². The lowest BCUT2D eigenvalue weighted by molar-refractivity contribution is -0.141. The summed E-state index contributed by atoms with van der Waals surface area (Å²) >= 11 is 0. The summed E-state index contributed by atoms with van der Waals surface area (Å²) in [6.45, 7) is -0.285. The Morgan fingerprint density at radius 3 is 2.62 bits per heavy atom. The molecule has 0 amide bonds. The molecule has 4 aromatic rings. The van der Waals surface area contributed by atoms with Gasteiger partial charge in [0.1, 0.15) is 30.3 Å². The van der Waals surface area contributed by atoms with E-state index in [9.17, 15) is 22.8 Å². The van der Waals surface area contributed by atoms with Gasteiger partial charge in [0.25, 0.3) is 0 Å². The molecule has 0 aliphatic rings. The van der Waals surface area contributed by atoms with E-state index in [4.69, 9.17) is 9.84 Å². The Hall–Kier alpha value is -4.28. The first-order chi connectivity index (χ1) is 16.2. The zero-order valence-corrected chi connectivity index (χ0v) is 17.5. The molecule has 0 unspecified atom stereocenters. The Morgan fingerprint density at radius 1 is 1.09 bits per heavy atom. The summed E-state index contributed by atoms with van der Waals surface area (Å²) < 4.78 is 46.1. The molecule has 0 saturated heterocycles. The highest BCUT2D eigenvalue weighted by molar-refractivity contribution is 5.97. The van der Waals surface area contributed by atoms with Crippen LogP contribution in [0.5, 0.6) is 5.75 Å². The monoisotopic (exact) mass is 470 g/mol. The number of carboxylic acid groups (broad SMARTS) is 1. The number of alkyl halides is 3. The Kier molecular flexibility index (Phi) is 6.26. The third-order valence-electron chi connectivity index (χ3n) is 4.81. The van der Waals surface area contributed by atoms with Gasteiger partial charge >= 0.3 is 12.1 Å². The molecule has 174 valence electrons. The number of Topliss-reactive ketones (excluding diaryl/α,β-unsaturated/α-hetero) is 1. The van der Waals surface area contributed by atoms with Gasteiger partial charge in [0.15, 0.2) is 5.78 Å². The SMILES string of the molecule is O=C(O)Cn1cc2cc(CC(=O)c3cccc(C(F)(F)F)n3)c(OCc3ccccn3)cc2n1. The van der Waals surface area contributed by atoms with Gasteiger partial charge < -0.3 is 9.84 Å². The van der Waals surface area contributed by atoms with Crippen molar-refractivity contribution in [2.24, 2.45) is 0 Å². The van der Waals surface area contributed by atoms with Crippen LogP contribution in [0.2, 0.25) is 0 Å². The molecule has 0 aliphatic carbocycles. The van der Waals surface area contributed by atoms with Crippen molar-refractivity contribution in [2.45, 2.75) is 25.7 Å². The maximum atomic E-state index is 13.0. The molecule has 34 heavy (non-hydrogen) atoms. The second-order valence-electron chi connectivity index (χ2n) is 7.35. The largest absolute Gasteiger partial charge is 0.487 e. The lowest BCUT2D eigenvalue weighted by Crippen LogP contribution is -2.13. The Labute approximate surface area is 190 Å². The highest BCUT2D eigenvalue weighted by Crippen LogP contribution is 2.29. The van der Waals surface area contributed by atoms with Gasteiger partial charge in [-0.1, -0.05) is 12.1 Å². The molecule has 0 saturated carbocycles. The van der Waals surface area contributed by atoms with Crippen LogP contribution in [0.3, 0.4) is 0 Å². The van der Waals surface area contributed by atoms with Gasteiger partial charge in [-0.25, -0.2) is 4.98 Å². The Balaban J connectivity index is 1.67. The zero-order valence-electron chi connectivity index (χ0n) is 17.5. The van der Waals surface area contributed by atoms with Crippen LogP contribution in [0, 0.1) is 0 Å². The van der Waals surface area contributed by atoms with E-state index < -0.39 is 23.6 Å². The molecular weight excluding hydrogens is 453 g/mol. The van der Waals surface area contributed by atoms with Crippen LogP contribution >= 0.6 is 0 Å². The highest BCUT2D eigenvalue weighted by atomic mass is 19.4. The normalized spacial score (nSPS) is 11.5. The fourth-order valence-electron chi connectivity index (χ4n) is 3.29. The summed E-state index contributed by atoms with van der Waals surface area (Å²) in [5.74, 6) is -1.43. The second-order valence-corrected chi connectivity index (χ2v) is 7.35. The summed E-state index contributed by atoms with van der Waals surface area (Å²) in [5.41, 5.74) is -0.0356. The lowest BCUT2D eigenvalue weighted by Gasteiger charge is -2.12. The summed E-state index contributed by atoms with van der Waals surface area (Å²) in [4.78, 5) is 31.5. The van der Waals surface area contributed by atoms with Crippen LogP contribution in [0.15, 0.2) is 60.9 Å². The van der Waals surface area contributed by atoms with Gasteiger partial charge in [-0.05, 0) is 30.3 Å². The number of ether oxygens (including phenoxy) is 1. The zero-order chi connectivity index (χ0) is 24.3. The lowest BCUT2D eigenvalue weighted by atomic mass is 10.0. The first kappa shape index (κ1) is 22.9. The predicted molar refractivity (Wildman–Crippen MR) is 113 cm³/mol. The highest BCUT2D eigenvalue weighted by Gasteiger charge is 2.33. The quantitative estimate of drug-likeness (QED) is 0.389. The molecule has 0 spiro atoms. The molecule has 3 aromatic heterocycles. The van der Waals surface area contributed by atoms with Gasteiger partial charge in [0.05, 0.1) is 11.2 Å². The summed E-state index contributed by atoms with van der Waals surface area (Å²) in [7, 11) is 0. The smallest absolute Gasteiger partial charge is 0.433 e. The third kappa shape index (κ3) is 5.37. The number of aromatic nitrogens is 4. The maximum Gasteiger partial charge on any atom is 0.433 e. The van der Waals surface area contributed by atoms with E-state index in [-0.39, 0.29) is 31.0 Å². The minimum Gasteiger partial charge on any atom is -0.487 e. The van der Waals surface area contributed by atoms with E-state index in [0.29, 0.717) is 22.2 Å².